The highest BCUT2D eigenvalue weighted by Crippen LogP contribution is 2.18. The van der Waals surface area contributed by atoms with Crippen LogP contribution in [-0.2, 0) is 18.4 Å². The summed E-state index contributed by atoms with van der Waals surface area (Å²) in [5.74, 6) is -1.32. The first-order valence-electron chi connectivity index (χ1n) is 5.72. The lowest BCUT2D eigenvalue weighted by molar-refractivity contribution is -0.131. The average molecular weight is 277 g/mol. The number of rotatable bonds is 5. The first-order chi connectivity index (χ1) is 9.52. The third kappa shape index (κ3) is 3.91. The summed E-state index contributed by atoms with van der Waals surface area (Å²) in [6.45, 7) is 0.152. The Kier molecular flexibility index (Phi) is 4.09. The molecular weight excluding hydrogens is 265 g/mol. The molecule has 0 amide bonds. The fourth-order valence-electron chi connectivity index (χ4n) is 1.55. The molecule has 1 N–H and O–H groups in total. The third-order valence-electron chi connectivity index (χ3n) is 2.35. The molecule has 1 heterocycles. The fraction of sp³-hybridized carbons (Fsp3) is 0.154. The van der Waals surface area contributed by atoms with E-state index in [1.165, 1.54) is 22.9 Å². The van der Waals surface area contributed by atoms with Crippen LogP contribution < -0.4 is 4.74 Å². The van der Waals surface area contributed by atoms with E-state index in [1.54, 1.807) is 19.3 Å². The van der Waals surface area contributed by atoms with Gasteiger partial charge in [0.1, 0.15) is 23.9 Å². The highest BCUT2D eigenvalue weighted by atomic mass is 19.1. The minimum atomic E-state index is -1.10. The molecule has 0 spiro atoms. The number of benzene rings is 1. The second kappa shape index (κ2) is 5.96. The Morgan fingerprint density at radius 3 is 2.95 bits per heavy atom. The van der Waals surface area contributed by atoms with E-state index < -0.39 is 11.8 Å². The van der Waals surface area contributed by atoms with Crippen molar-refractivity contribution in [1.82, 2.24) is 15.0 Å². The number of aryl methyl sites for hydroxylation is 1. The molecule has 1 aromatic carbocycles. The first-order valence-corrected chi connectivity index (χ1v) is 5.72. The van der Waals surface area contributed by atoms with E-state index in [0.29, 0.717) is 17.0 Å². The standard InChI is InChI=1S/C13H12FN3O3/c1-17-7-11(15-16-17)8-20-12-5-9(2-3-13(18)19)4-10(14)6-12/h2-7H,8H2,1H3,(H,18,19)/b3-2+. The Hall–Kier alpha value is -2.70. The largest absolute Gasteiger partial charge is 0.487 e. The summed E-state index contributed by atoms with van der Waals surface area (Å²) < 4.78 is 20.3. The smallest absolute Gasteiger partial charge is 0.328 e. The van der Waals surface area contributed by atoms with E-state index in [4.69, 9.17) is 9.84 Å². The van der Waals surface area contributed by atoms with E-state index in [0.717, 1.165) is 6.08 Å². The van der Waals surface area contributed by atoms with Gasteiger partial charge in [0.05, 0.1) is 6.20 Å². The summed E-state index contributed by atoms with van der Waals surface area (Å²) in [5, 5.41) is 16.1. The first kappa shape index (κ1) is 13.7. The molecule has 0 atom stereocenters. The molecule has 0 saturated heterocycles. The molecule has 2 rings (SSSR count). The van der Waals surface area contributed by atoms with E-state index in [2.05, 4.69) is 10.3 Å². The molecule has 7 heteroatoms. The van der Waals surface area contributed by atoms with Gasteiger partial charge in [-0.15, -0.1) is 5.10 Å². The minimum absolute atomic E-state index is 0.152. The molecule has 0 aliphatic heterocycles. The van der Waals surface area contributed by atoms with Crippen LogP contribution in [0.3, 0.4) is 0 Å². The zero-order chi connectivity index (χ0) is 14.5. The van der Waals surface area contributed by atoms with Crippen molar-refractivity contribution in [1.29, 1.82) is 0 Å². The van der Waals surface area contributed by atoms with Crippen LogP contribution in [0, 0.1) is 5.82 Å². The molecule has 6 nitrogen and oxygen atoms in total. The molecule has 0 radical (unpaired) electrons. The van der Waals surface area contributed by atoms with Gasteiger partial charge in [0, 0.05) is 19.2 Å². The number of aliphatic carboxylic acids is 1. The van der Waals surface area contributed by atoms with Gasteiger partial charge in [0.15, 0.2) is 0 Å². The summed E-state index contributed by atoms with van der Waals surface area (Å²) in [6.07, 6.45) is 3.91. The maximum absolute atomic E-state index is 13.4. The molecule has 1 aromatic heterocycles. The normalized spacial score (nSPS) is 10.9. The van der Waals surface area contributed by atoms with Crippen molar-refractivity contribution in [3.05, 3.63) is 47.5 Å². The van der Waals surface area contributed by atoms with Crippen molar-refractivity contribution in [3.63, 3.8) is 0 Å². The number of aromatic nitrogens is 3. The van der Waals surface area contributed by atoms with Crippen LogP contribution in [0.15, 0.2) is 30.5 Å². The van der Waals surface area contributed by atoms with E-state index in [9.17, 15) is 9.18 Å². The third-order valence-corrected chi connectivity index (χ3v) is 2.35. The molecule has 0 fully saturated rings. The molecular formula is C13H12FN3O3. The number of carboxylic acid groups (broad SMARTS) is 1. The van der Waals surface area contributed by atoms with Gasteiger partial charge in [-0.1, -0.05) is 5.21 Å². The molecule has 0 saturated carbocycles. The molecule has 104 valence electrons. The van der Waals surface area contributed by atoms with Gasteiger partial charge in [0.2, 0.25) is 0 Å². The van der Waals surface area contributed by atoms with E-state index in [1.807, 2.05) is 0 Å². The highest BCUT2D eigenvalue weighted by molar-refractivity contribution is 5.85. The molecule has 0 aliphatic rings. The lowest BCUT2D eigenvalue weighted by Gasteiger charge is -2.05. The van der Waals surface area contributed by atoms with Crippen LogP contribution in [0.2, 0.25) is 0 Å². The van der Waals surface area contributed by atoms with Crippen LogP contribution in [0.25, 0.3) is 6.08 Å². The zero-order valence-corrected chi connectivity index (χ0v) is 10.7. The monoisotopic (exact) mass is 277 g/mol. The van der Waals surface area contributed by atoms with E-state index in [-0.39, 0.29) is 6.61 Å². The highest BCUT2D eigenvalue weighted by Gasteiger charge is 2.03. The number of carboxylic acids is 1. The quantitative estimate of drug-likeness (QED) is 0.840. The van der Waals surface area contributed by atoms with Crippen LogP contribution in [0.1, 0.15) is 11.3 Å². The van der Waals surface area contributed by atoms with Gasteiger partial charge >= 0.3 is 5.97 Å². The molecule has 20 heavy (non-hydrogen) atoms. The van der Waals surface area contributed by atoms with Gasteiger partial charge in [-0.2, -0.15) is 0 Å². The summed E-state index contributed by atoms with van der Waals surface area (Å²) in [5.41, 5.74) is 1.01. The number of carbonyl (C=O) groups is 1. The van der Waals surface area contributed by atoms with Crippen molar-refractivity contribution in [2.45, 2.75) is 6.61 Å². The summed E-state index contributed by atoms with van der Waals surface area (Å²) in [4.78, 5) is 10.4. The average Bonchev–Trinajstić information content (AvgIpc) is 2.79. The van der Waals surface area contributed by atoms with Crippen molar-refractivity contribution >= 4 is 12.0 Å². The zero-order valence-electron chi connectivity index (χ0n) is 10.7. The fourth-order valence-corrected chi connectivity index (χ4v) is 1.55. The van der Waals surface area contributed by atoms with Gasteiger partial charge in [0.25, 0.3) is 0 Å². The van der Waals surface area contributed by atoms with Crippen molar-refractivity contribution in [3.8, 4) is 5.75 Å². The Labute approximate surface area is 114 Å². The van der Waals surface area contributed by atoms with Gasteiger partial charge in [-0.3, -0.25) is 4.68 Å². The second-order valence-electron chi connectivity index (χ2n) is 4.06. The van der Waals surface area contributed by atoms with Crippen molar-refractivity contribution < 1.29 is 19.0 Å². The predicted molar refractivity (Wildman–Crippen MR) is 68.4 cm³/mol. The lowest BCUT2D eigenvalue weighted by Crippen LogP contribution is -1.97. The Bertz CT molecular complexity index is 652. The molecule has 2 aromatic rings. The molecule has 0 bridgehead atoms. The molecule has 0 unspecified atom stereocenters. The maximum atomic E-state index is 13.4. The number of ether oxygens (including phenoxy) is 1. The number of hydrogen-bond donors (Lipinski definition) is 1. The Morgan fingerprint density at radius 1 is 1.50 bits per heavy atom. The number of nitrogens with zero attached hydrogens (tertiary/aromatic N) is 3. The Morgan fingerprint density at radius 2 is 2.30 bits per heavy atom. The van der Waals surface area contributed by atoms with Crippen molar-refractivity contribution in [2.24, 2.45) is 7.05 Å². The van der Waals surface area contributed by atoms with Crippen LogP contribution in [0.5, 0.6) is 5.75 Å². The number of hydrogen-bond acceptors (Lipinski definition) is 4. The summed E-state index contributed by atoms with van der Waals surface area (Å²) in [6, 6.07) is 3.97. The van der Waals surface area contributed by atoms with Gasteiger partial charge in [-0.25, -0.2) is 9.18 Å². The number of halogens is 1. The minimum Gasteiger partial charge on any atom is -0.487 e. The van der Waals surface area contributed by atoms with Crippen LogP contribution >= 0.6 is 0 Å². The predicted octanol–water partition coefficient (Wildman–Crippen LogP) is 1.63. The summed E-state index contributed by atoms with van der Waals surface area (Å²) in [7, 11) is 1.73. The van der Waals surface area contributed by atoms with E-state index >= 15 is 0 Å². The maximum Gasteiger partial charge on any atom is 0.328 e. The topological polar surface area (TPSA) is 77.2 Å². The van der Waals surface area contributed by atoms with Gasteiger partial charge < -0.3 is 9.84 Å². The lowest BCUT2D eigenvalue weighted by atomic mass is 10.2. The summed E-state index contributed by atoms with van der Waals surface area (Å²) >= 11 is 0. The van der Waals surface area contributed by atoms with Crippen LogP contribution in [-0.4, -0.2) is 26.1 Å². The SMILES string of the molecule is Cn1cc(COc2cc(F)cc(/C=C/C(=O)O)c2)nn1. The van der Waals surface area contributed by atoms with Gasteiger partial charge in [-0.05, 0) is 23.8 Å². The Balaban J connectivity index is 2.09. The van der Waals surface area contributed by atoms with Crippen LogP contribution in [0.4, 0.5) is 4.39 Å². The molecule has 0 aliphatic carbocycles. The second-order valence-corrected chi connectivity index (χ2v) is 4.06. The van der Waals surface area contributed by atoms with Crippen molar-refractivity contribution in [2.75, 3.05) is 0 Å².